The molecule has 0 N–H and O–H groups in total. The number of carbonyl (C=O) groups is 1. The van der Waals surface area contributed by atoms with E-state index < -0.39 is 0 Å². The van der Waals surface area contributed by atoms with Crippen LogP contribution in [0.5, 0.6) is 0 Å². The molecule has 0 aliphatic carbocycles. The Morgan fingerprint density at radius 1 is 1.11 bits per heavy atom. The molecule has 0 unspecified atom stereocenters. The Morgan fingerprint density at radius 3 is 2.56 bits per heavy atom. The number of hydrogen-bond donors (Lipinski definition) is 0. The van der Waals surface area contributed by atoms with Crippen LogP contribution in [0, 0.1) is 6.92 Å². The maximum atomic E-state index is 12.5. The van der Waals surface area contributed by atoms with Gasteiger partial charge in [-0.05, 0) is 25.5 Å². The number of methoxy groups -OCH3 is 1. The standard InChI is InChI=1S/C20H22N4O2S/c1-15-4-6-16(7-5-15)18(25)14-27-20-23-22-19(17-8-10-21-11-9-17)24(20)12-3-13-26-2/h4-11H,3,12-14H2,1-2H3. The Labute approximate surface area is 163 Å². The molecule has 0 saturated heterocycles. The molecule has 0 bridgehead atoms. The van der Waals surface area contributed by atoms with Gasteiger partial charge in [-0.25, -0.2) is 0 Å². The lowest BCUT2D eigenvalue weighted by molar-refractivity contribution is 0.102. The first-order valence-corrected chi connectivity index (χ1v) is 9.73. The van der Waals surface area contributed by atoms with Crippen LogP contribution >= 0.6 is 11.8 Å². The number of nitrogens with zero attached hydrogens (tertiary/aromatic N) is 4. The number of rotatable bonds is 9. The predicted molar refractivity (Wildman–Crippen MR) is 106 cm³/mol. The van der Waals surface area contributed by atoms with Crippen molar-refractivity contribution in [1.82, 2.24) is 19.7 Å². The van der Waals surface area contributed by atoms with Crippen molar-refractivity contribution in [1.29, 1.82) is 0 Å². The fourth-order valence-corrected chi connectivity index (χ4v) is 3.49. The van der Waals surface area contributed by atoms with E-state index in [1.807, 2.05) is 47.9 Å². The number of thioether (sulfide) groups is 1. The summed E-state index contributed by atoms with van der Waals surface area (Å²) in [4.78, 5) is 16.5. The van der Waals surface area contributed by atoms with Gasteiger partial charge in [0.2, 0.25) is 0 Å². The van der Waals surface area contributed by atoms with E-state index in [1.165, 1.54) is 11.8 Å². The average Bonchev–Trinajstić information content (AvgIpc) is 3.10. The summed E-state index contributed by atoms with van der Waals surface area (Å²) in [6, 6.07) is 11.4. The van der Waals surface area contributed by atoms with Crippen molar-refractivity contribution < 1.29 is 9.53 Å². The maximum absolute atomic E-state index is 12.5. The van der Waals surface area contributed by atoms with Gasteiger partial charge in [-0.1, -0.05) is 41.6 Å². The van der Waals surface area contributed by atoms with Crippen LogP contribution in [0.3, 0.4) is 0 Å². The highest BCUT2D eigenvalue weighted by Crippen LogP contribution is 2.24. The second-order valence-electron chi connectivity index (χ2n) is 6.12. The Hall–Kier alpha value is -2.51. The third-order valence-electron chi connectivity index (χ3n) is 4.09. The molecular formula is C20H22N4O2S. The molecule has 3 aromatic rings. The summed E-state index contributed by atoms with van der Waals surface area (Å²) < 4.78 is 7.21. The van der Waals surface area contributed by atoms with Crippen LogP contribution in [0.15, 0.2) is 53.9 Å². The molecule has 0 aliphatic rings. The number of aryl methyl sites for hydroxylation is 1. The van der Waals surface area contributed by atoms with Crippen LogP contribution in [0.25, 0.3) is 11.4 Å². The second-order valence-corrected chi connectivity index (χ2v) is 7.06. The summed E-state index contributed by atoms with van der Waals surface area (Å²) in [7, 11) is 1.69. The Morgan fingerprint density at radius 2 is 1.85 bits per heavy atom. The van der Waals surface area contributed by atoms with Crippen molar-refractivity contribution in [3.05, 3.63) is 59.9 Å². The first-order valence-electron chi connectivity index (χ1n) is 8.74. The zero-order chi connectivity index (χ0) is 19.1. The molecule has 3 rings (SSSR count). The third-order valence-corrected chi connectivity index (χ3v) is 5.06. The van der Waals surface area contributed by atoms with Crippen LogP contribution in [-0.4, -0.2) is 45.0 Å². The summed E-state index contributed by atoms with van der Waals surface area (Å²) in [6.45, 7) is 3.38. The van der Waals surface area contributed by atoms with Gasteiger partial charge in [0.1, 0.15) is 0 Å². The monoisotopic (exact) mass is 382 g/mol. The van der Waals surface area contributed by atoms with Gasteiger partial charge in [0.05, 0.1) is 5.75 Å². The number of benzene rings is 1. The Balaban J connectivity index is 1.76. The van der Waals surface area contributed by atoms with Gasteiger partial charge in [-0.3, -0.25) is 9.78 Å². The second kappa shape index (κ2) is 9.43. The third kappa shape index (κ3) is 5.02. The molecule has 27 heavy (non-hydrogen) atoms. The van der Waals surface area contributed by atoms with Crippen LogP contribution < -0.4 is 0 Å². The lowest BCUT2D eigenvalue weighted by Gasteiger charge is -2.10. The molecular weight excluding hydrogens is 360 g/mol. The van der Waals surface area contributed by atoms with Gasteiger partial charge < -0.3 is 9.30 Å². The Kier molecular flexibility index (Phi) is 6.73. The van der Waals surface area contributed by atoms with Crippen LogP contribution in [0.1, 0.15) is 22.3 Å². The number of aromatic nitrogens is 4. The van der Waals surface area contributed by atoms with Gasteiger partial charge in [-0.2, -0.15) is 0 Å². The molecule has 0 aliphatic heterocycles. The number of ether oxygens (including phenoxy) is 1. The molecule has 1 aromatic carbocycles. The van der Waals surface area contributed by atoms with Crippen LogP contribution in [-0.2, 0) is 11.3 Å². The number of hydrogen-bond acceptors (Lipinski definition) is 6. The van der Waals surface area contributed by atoms with Crippen LogP contribution in [0.4, 0.5) is 0 Å². The topological polar surface area (TPSA) is 69.9 Å². The van der Waals surface area contributed by atoms with E-state index in [-0.39, 0.29) is 5.78 Å². The number of Topliss-reactive ketones (excluding diaryl/α,β-unsaturated/α-hetero) is 1. The number of carbonyl (C=O) groups excluding carboxylic acids is 1. The predicted octanol–water partition coefficient (Wildman–Crippen LogP) is 3.66. The summed E-state index contributed by atoms with van der Waals surface area (Å²) in [5, 5.41) is 9.39. The number of ketones is 1. The summed E-state index contributed by atoms with van der Waals surface area (Å²) in [6.07, 6.45) is 4.31. The summed E-state index contributed by atoms with van der Waals surface area (Å²) in [5.41, 5.74) is 2.80. The van der Waals surface area contributed by atoms with Crippen molar-refractivity contribution in [3.8, 4) is 11.4 Å². The van der Waals surface area contributed by atoms with E-state index in [4.69, 9.17) is 4.74 Å². The van der Waals surface area contributed by atoms with Crippen LogP contribution in [0.2, 0.25) is 0 Å². The lowest BCUT2D eigenvalue weighted by atomic mass is 10.1. The van der Waals surface area contributed by atoms with E-state index in [1.54, 1.807) is 19.5 Å². The fraction of sp³-hybridized carbons (Fsp3) is 0.300. The molecule has 0 spiro atoms. The van der Waals surface area contributed by atoms with E-state index in [2.05, 4.69) is 15.2 Å². The van der Waals surface area contributed by atoms with E-state index >= 15 is 0 Å². The molecule has 0 fully saturated rings. The van der Waals surface area contributed by atoms with Crippen molar-refractivity contribution in [2.24, 2.45) is 0 Å². The molecule has 6 nitrogen and oxygen atoms in total. The molecule has 0 atom stereocenters. The fourth-order valence-electron chi connectivity index (χ4n) is 2.63. The summed E-state index contributed by atoms with van der Waals surface area (Å²) in [5.74, 6) is 1.18. The molecule has 140 valence electrons. The minimum Gasteiger partial charge on any atom is -0.385 e. The van der Waals surface area contributed by atoms with Crippen molar-refractivity contribution in [2.75, 3.05) is 19.5 Å². The highest BCUT2D eigenvalue weighted by molar-refractivity contribution is 7.99. The highest BCUT2D eigenvalue weighted by Gasteiger charge is 2.16. The quantitative estimate of drug-likeness (QED) is 0.320. The molecule has 0 amide bonds. The normalized spacial score (nSPS) is 10.9. The molecule has 2 aromatic heterocycles. The van der Waals surface area contributed by atoms with Crippen molar-refractivity contribution in [2.45, 2.75) is 25.0 Å². The lowest BCUT2D eigenvalue weighted by Crippen LogP contribution is -2.07. The summed E-state index contributed by atoms with van der Waals surface area (Å²) >= 11 is 1.41. The van der Waals surface area contributed by atoms with Crippen molar-refractivity contribution in [3.63, 3.8) is 0 Å². The van der Waals surface area contributed by atoms with Gasteiger partial charge in [0.15, 0.2) is 16.8 Å². The minimum absolute atomic E-state index is 0.0805. The zero-order valence-corrected chi connectivity index (χ0v) is 16.3. The van der Waals surface area contributed by atoms with E-state index in [0.717, 1.165) is 35.1 Å². The molecule has 2 heterocycles. The smallest absolute Gasteiger partial charge is 0.191 e. The Bertz CT molecular complexity index is 879. The zero-order valence-electron chi connectivity index (χ0n) is 15.5. The van der Waals surface area contributed by atoms with Gasteiger partial charge >= 0.3 is 0 Å². The average molecular weight is 382 g/mol. The highest BCUT2D eigenvalue weighted by atomic mass is 32.2. The SMILES string of the molecule is COCCCn1c(SCC(=O)c2ccc(C)cc2)nnc1-c1ccncc1. The van der Waals surface area contributed by atoms with Gasteiger partial charge in [0, 0.05) is 43.8 Å². The van der Waals surface area contributed by atoms with E-state index in [9.17, 15) is 4.79 Å². The molecule has 0 radical (unpaired) electrons. The van der Waals surface area contributed by atoms with E-state index in [0.29, 0.717) is 17.9 Å². The largest absolute Gasteiger partial charge is 0.385 e. The minimum atomic E-state index is 0.0805. The molecule has 7 heteroatoms. The first-order chi connectivity index (χ1) is 13.2. The maximum Gasteiger partial charge on any atom is 0.191 e. The van der Waals surface area contributed by atoms with Gasteiger partial charge in [0.25, 0.3) is 0 Å². The van der Waals surface area contributed by atoms with Gasteiger partial charge in [-0.15, -0.1) is 10.2 Å². The molecule has 0 saturated carbocycles. The first kappa shape index (κ1) is 19.3. The number of pyridine rings is 1. The van der Waals surface area contributed by atoms with Crippen molar-refractivity contribution >= 4 is 17.5 Å².